The molecule has 4 aromatic rings. The molecule has 1 amide bonds. The average molecular weight is 509 g/mol. The van der Waals surface area contributed by atoms with E-state index >= 15 is 0 Å². The van der Waals surface area contributed by atoms with Gasteiger partial charge >= 0.3 is 6.18 Å². The van der Waals surface area contributed by atoms with E-state index in [9.17, 15) is 18.0 Å². The number of aromatic nitrogens is 4. The van der Waals surface area contributed by atoms with Crippen LogP contribution < -0.4 is 11.1 Å². The first-order valence-electron chi connectivity index (χ1n) is 9.63. The van der Waals surface area contributed by atoms with Crippen LogP contribution in [-0.2, 0) is 17.5 Å². The van der Waals surface area contributed by atoms with E-state index in [4.69, 9.17) is 21.9 Å². The number of hydrogen-bond donors (Lipinski definition) is 2. The maximum atomic E-state index is 12.9. The quantitative estimate of drug-likeness (QED) is 0.343. The summed E-state index contributed by atoms with van der Waals surface area (Å²) in [5, 5.41) is 11.7. The Morgan fingerprint density at radius 1 is 1.24 bits per heavy atom. The Bertz CT molecular complexity index is 1340. The smallest absolute Gasteiger partial charge is 0.383 e. The third-order valence-electron chi connectivity index (χ3n) is 4.66. The molecule has 0 radical (unpaired) electrons. The number of hydrogen-bond acceptors (Lipinski definition) is 7. The second-order valence-electron chi connectivity index (χ2n) is 6.98. The fraction of sp³-hybridized carbons (Fsp3) is 0.143. The number of carbonyl (C=O) groups excluding carboxylic acids is 1. The van der Waals surface area contributed by atoms with Crippen molar-refractivity contribution < 1.29 is 22.5 Å². The third kappa shape index (κ3) is 5.02. The van der Waals surface area contributed by atoms with Gasteiger partial charge in [-0.25, -0.2) is 4.68 Å². The Labute approximate surface area is 200 Å². The van der Waals surface area contributed by atoms with Crippen LogP contribution in [0.4, 0.5) is 24.7 Å². The van der Waals surface area contributed by atoms with E-state index in [0.717, 1.165) is 12.1 Å². The molecule has 0 aliphatic carbocycles. The van der Waals surface area contributed by atoms with Crippen molar-refractivity contribution in [3.8, 4) is 22.8 Å². The minimum atomic E-state index is -4.52. The molecule has 2 heterocycles. The lowest BCUT2D eigenvalue weighted by Gasteiger charge is -2.10. The number of nitrogen functional groups attached to an aromatic ring is 1. The summed E-state index contributed by atoms with van der Waals surface area (Å²) < 4.78 is 45.3. The summed E-state index contributed by atoms with van der Waals surface area (Å²) >= 11 is 7.16. The van der Waals surface area contributed by atoms with Crippen molar-refractivity contribution in [2.24, 2.45) is 0 Å². The van der Waals surface area contributed by atoms with Crippen molar-refractivity contribution in [3.05, 3.63) is 59.1 Å². The number of carbonyl (C=O) groups is 1. The van der Waals surface area contributed by atoms with Gasteiger partial charge in [0, 0.05) is 16.3 Å². The van der Waals surface area contributed by atoms with Gasteiger partial charge in [-0.2, -0.15) is 23.3 Å². The summed E-state index contributed by atoms with van der Waals surface area (Å²) in [5.74, 6) is -0.0977. The summed E-state index contributed by atoms with van der Waals surface area (Å²) in [6.07, 6.45) is -2.76. The number of thioether (sulfide) groups is 1. The minimum Gasteiger partial charge on any atom is -0.383 e. The third-order valence-corrected chi connectivity index (χ3v) is 5.59. The van der Waals surface area contributed by atoms with E-state index in [1.54, 1.807) is 30.5 Å². The lowest BCUT2D eigenvalue weighted by molar-refractivity contribution is -0.137. The molecule has 0 spiro atoms. The van der Waals surface area contributed by atoms with E-state index in [1.165, 1.54) is 28.6 Å². The topological polar surface area (TPSA) is 112 Å². The molecule has 0 bridgehead atoms. The predicted molar refractivity (Wildman–Crippen MR) is 122 cm³/mol. The Kier molecular flexibility index (Phi) is 6.53. The molecule has 34 heavy (non-hydrogen) atoms. The Hall–Kier alpha value is -3.51. The van der Waals surface area contributed by atoms with Crippen molar-refractivity contribution in [3.63, 3.8) is 0 Å². The number of halogens is 4. The molecule has 4 rings (SSSR count). The minimum absolute atomic E-state index is 0.000346. The normalized spacial score (nSPS) is 11.6. The Balaban J connectivity index is 1.56. The van der Waals surface area contributed by atoms with Gasteiger partial charge in [0.2, 0.25) is 11.7 Å². The molecule has 2 aromatic heterocycles. The first kappa shape index (κ1) is 23.6. The highest BCUT2D eigenvalue weighted by Crippen LogP contribution is 2.35. The molecule has 0 aliphatic rings. The number of benzene rings is 2. The van der Waals surface area contributed by atoms with Crippen LogP contribution in [0.25, 0.3) is 22.8 Å². The number of anilines is 2. The molecule has 0 saturated carbocycles. The lowest BCUT2D eigenvalue weighted by atomic mass is 10.2. The van der Waals surface area contributed by atoms with Crippen LogP contribution in [0.2, 0.25) is 5.02 Å². The molecule has 0 aliphatic heterocycles. The molecular formula is C21H16ClF3N6O2S. The van der Waals surface area contributed by atoms with Gasteiger partial charge in [0.25, 0.3) is 5.89 Å². The second-order valence-corrected chi connectivity index (χ2v) is 8.22. The molecule has 2 aromatic carbocycles. The van der Waals surface area contributed by atoms with Gasteiger partial charge in [0.05, 0.1) is 5.56 Å². The van der Waals surface area contributed by atoms with Crippen LogP contribution in [0.15, 0.2) is 58.1 Å². The molecule has 0 atom stereocenters. The fourth-order valence-electron chi connectivity index (χ4n) is 3.07. The standard InChI is InChI=1S/C21H16ClF3N6O2S/c1-34-20-16(19-28-18(30-33-19)11-5-7-13(22)8-6-11)17(26)31(29-20)10-15(32)27-14-4-2-3-12(9-14)21(23,24)25/h2-9H,10,26H2,1H3,(H,27,32). The Morgan fingerprint density at radius 3 is 2.65 bits per heavy atom. The van der Waals surface area contributed by atoms with Crippen LogP contribution in [0.1, 0.15) is 5.56 Å². The van der Waals surface area contributed by atoms with Gasteiger partial charge in [-0.1, -0.05) is 22.8 Å². The molecule has 0 saturated heterocycles. The van der Waals surface area contributed by atoms with Crippen LogP contribution in [0, 0.1) is 0 Å². The van der Waals surface area contributed by atoms with Gasteiger partial charge in [-0.15, -0.1) is 11.8 Å². The SMILES string of the molecule is CSc1nn(CC(=O)Nc2cccc(C(F)(F)F)c2)c(N)c1-c1nc(-c2ccc(Cl)cc2)no1. The van der Waals surface area contributed by atoms with E-state index in [-0.39, 0.29) is 23.9 Å². The average Bonchev–Trinajstić information content (AvgIpc) is 3.38. The number of rotatable bonds is 6. The van der Waals surface area contributed by atoms with Crippen molar-refractivity contribution >= 4 is 40.8 Å². The maximum Gasteiger partial charge on any atom is 0.416 e. The summed E-state index contributed by atoms with van der Waals surface area (Å²) in [5.41, 5.74) is 6.38. The Morgan fingerprint density at radius 2 is 1.97 bits per heavy atom. The molecule has 0 unspecified atom stereocenters. The van der Waals surface area contributed by atoms with Crippen molar-refractivity contribution in [1.82, 2.24) is 19.9 Å². The van der Waals surface area contributed by atoms with Gasteiger partial charge < -0.3 is 15.6 Å². The number of nitrogens with one attached hydrogen (secondary N) is 1. The van der Waals surface area contributed by atoms with Crippen LogP contribution >= 0.6 is 23.4 Å². The van der Waals surface area contributed by atoms with Crippen molar-refractivity contribution in [2.45, 2.75) is 17.7 Å². The number of alkyl halides is 3. The molecule has 13 heteroatoms. The number of nitrogens with two attached hydrogens (primary N) is 1. The van der Waals surface area contributed by atoms with Gasteiger partial charge in [0.15, 0.2) is 0 Å². The van der Waals surface area contributed by atoms with Crippen LogP contribution in [0.5, 0.6) is 0 Å². The van der Waals surface area contributed by atoms with Gasteiger partial charge in [-0.3, -0.25) is 4.79 Å². The zero-order chi connectivity index (χ0) is 24.5. The first-order chi connectivity index (χ1) is 16.2. The van der Waals surface area contributed by atoms with Crippen molar-refractivity contribution in [2.75, 3.05) is 17.3 Å². The van der Waals surface area contributed by atoms with Gasteiger partial charge in [-0.05, 0) is 48.7 Å². The fourth-order valence-corrected chi connectivity index (χ4v) is 3.77. The van der Waals surface area contributed by atoms with Crippen molar-refractivity contribution in [1.29, 1.82) is 0 Å². The maximum absolute atomic E-state index is 12.9. The highest BCUT2D eigenvalue weighted by Gasteiger charge is 2.30. The van der Waals surface area contributed by atoms with E-state index in [1.807, 2.05) is 0 Å². The zero-order valence-corrected chi connectivity index (χ0v) is 19.0. The van der Waals surface area contributed by atoms with Crippen LogP contribution in [0.3, 0.4) is 0 Å². The van der Waals surface area contributed by atoms with E-state index in [0.29, 0.717) is 27.0 Å². The van der Waals surface area contributed by atoms with E-state index < -0.39 is 17.6 Å². The summed E-state index contributed by atoms with van der Waals surface area (Å²) in [7, 11) is 0. The molecule has 3 N–H and O–H groups in total. The molecule has 176 valence electrons. The second kappa shape index (κ2) is 9.39. The number of nitrogens with zero attached hydrogens (tertiary/aromatic N) is 4. The molecule has 8 nitrogen and oxygen atoms in total. The summed E-state index contributed by atoms with van der Waals surface area (Å²) in [6, 6.07) is 11.2. The zero-order valence-electron chi connectivity index (χ0n) is 17.4. The monoisotopic (exact) mass is 508 g/mol. The van der Waals surface area contributed by atoms with Gasteiger partial charge in [0.1, 0.15) is 23.0 Å². The highest BCUT2D eigenvalue weighted by atomic mass is 35.5. The molecular weight excluding hydrogens is 493 g/mol. The summed E-state index contributed by atoms with van der Waals surface area (Å²) in [6.45, 7) is -0.339. The number of amides is 1. The predicted octanol–water partition coefficient (Wildman–Crippen LogP) is 5.22. The summed E-state index contributed by atoms with van der Waals surface area (Å²) in [4.78, 5) is 16.8. The highest BCUT2D eigenvalue weighted by molar-refractivity contribution is 7.98. The van der Waals surface area contributed by atoms with E-state index in [2.05, 4.69) is 20.6 Å². The largest absolute Gasteiger partial charge is 0.416 e. The lowest BCUT2D eigenvalue weighted by Crippen LogP contribution is -2.21. The molecule has 0 fully saturated rings. The van der Waals surface area contributed by atoms with Crippen LogP contribution in [-0.4, -0.2) is 32.1 Å². The first-order valence-corrected chi connectivity index (χ1v) is 11.2.